The van der Waals surface area contributed by atoms with E-state index < -0.39 is 0 Å². The van der Waals surface area contributed by atoms with E-state index in [4.69, 9.17) is 0 Å². The van der Waals surface area contributed by atoms with Gasteiger partial charge in [-0.15, -0.1) is 0 Å². The summed E-state index contributed by atoms with van der Waals surface area (Å²) in [6, 6.07) is 0. The first kappa shape index (κ1) is 23.0. The van der Waals surface area contributed by atoms with Gasteiger partial charge in [0.15, 0.2) is 0 Å². The molecule has 0 nitrogen and oxygen atoms in total. The van der Waals surface area contributed by atoms with E-state index in [9.17, 15) is 0 Å². The van der Waals surface area contributed by atoms with E-state index in [0.717, 1.165) is 0 Å². The summed E-state index contributed by atoms with van der Waals surface area (Å²) < 4.78 is 1.30. The van der Waals surface area contributed by atoms with Crippen molar-refractivity contribution >= 4 is 89.3 Å². The summed E-state index contributed by atoms with van der Waals surface area (Å²) in [6.07, 6.45) is 0. The maximum absolute atomic E-state index is 2.36. The Balaban J connectivity index is 3.19. The number of hydrogen-bond acceptors (Lipinski definition) is 6. The van der Waals surface area contributed by atoms with E-state index >= 15 is 0 Å². The molecule has 0 bridgehead atoms. The van der Waals surface area contributed by atoms with Gasteiger partial charge in [0.2, 0.25) is 0 Å². The van der Waals surface area contributed by atoms with Gasteiger partial charge in [0.1, 0.15) is 0 Å². The fraction of sp³-hybridized carbons (Fsp3) is 1.00. The molecule has 1 rings (SSSR count). The molecule has 2 radical (unpaired) electrons. The predicted octanol–water partition coefficient (Wildman–Crippen LogP) is 6.79. The SMILES string of the molecule is CC(C)SC1SC([S][Sb])(SC(C)C)C1(SC(C)C)SC(C)C. The predicted molar refractivity (Wildman–Crippen MR) is 121 cm³/mol. The molecule has 0 aliphatic carbocycles. The molecule has 0 spiro atoms. The zero-order valence-electron chi connectivity index (χ0n) is 14.8. The topological polar surface area (TPSA) is 0 Å². The average Bonchev–Trinajstić information content (AvgIpc) is 2.33. The van der Waals surface area contributed by atoms with Gasteiger partial charge < -0.3 is 0 Å². The molecule has 0 saturated carbocycles. The Hall–Kier alpha value is 2.92. The first-order valence-corrected chi connectivity index (χ1v) is 16.1. The fourth-order valence-electron chi connectivity index (χ4n) is 2.26. The van der Waals surface area contributed by atoms with Gasteiger partial charge in [-0.05, 0) is 0 Å². The van der Waals surface area contributed by atoms with Gasteiger partial charge in [-0.1, -0.05) is 0 Å². The van der Waals surface area contributed by atoms with Crippen molar-refractivity contribution < 1.29 is 0 Å². The van der Waals surface area contributed by atoms with Crippen molar-refractivity contribution in [1.82, 2.24) is 0 Å². The second-order valence-corrected chi connectivity index (χ2v) is 18.6. The summed E-state index contributed by atoms with van der Waals surface area (Å²) >= 11 is 13.0. The van der Waals surface area contributed by atoms with Crippen molar-refractivity contribution in [3.8, 4) is 0 Å². The van der Waals surface area contributed by atoms with Crippen LogP contribution in [0.3, 0.4) is 0 Å². The fourth-order valence-corrected chi connectivity index (χ4v) is 20.1. The summed E-state index contributed by atoms with van der Waals surface area (Å²) in [6.45, 7) is 18.8. The molecule has 1 aliphatic heterocycles. The number of rotatable bonds is 9. The Kier molecular flexibility index (Phi) is 10.2. The summed E-state index contributed by atoms with van der Waals surface area (Å²) in [7, 11) is 2.13. The van der Waals surface area contributed by atoms with Crippen LogP contribution in [0.5, 0.6) is 0 Å². The van der Waals surface area contributed by atoms with Gasteiger partial charge in [0.05, 0.1) is 0 Å². The Labute approximate surface area is 176 Å². The summed E-state index contributed by atoms with van der Waals surface area (Å²) in [4.78, 5) is 0. The zero-order valence-corrected chi connectivity index (χ0v) is 22.2. The average molecular weight is 524 g/mol. The molecule has 0 aromatic rings. The molecule has 2 unspecified atom stereocenters. The van der Waals surface area contributed by atoms with Crippen LogP contribution in [0.1, 0.15) is 55.4 Å². The molecule has 0 aromatic heterocycles. The zero-order chi connectivity index (χ0) is 17.1. The number of thioether (sulfide) groups is 5. The molecule has 22 heavy (non-hydrogen) atoms. The van der Waals surface area contributed by atoms with Crippen LogP contribution < -0.4 is 0 Å². The molecule has 0 aromatic carbocycles. The second kappa shape index (κ2) is 9.74. The van der Waals surface area contributed by atoms with Crippen LogP contribution in [0.15, 0.2) is 0 Å². The minimum atomic E-state index is 0.298. The number of hydrogen-bond donors (Lipinski definition) is 0. The van der Waals surface area contributed by atoms with Crippen LogP contribution >= 0.6 is 67.7 Å². The Morgan fingerprint density at radius 1 is 0.773 bits per heavy atom. The molecule has 130 valence electrons. The Morgan fingerprint density at radius 2 is 1.23 bits per heavy atom. The van der Waals surface area contributed by atoms with Crippen molar-refractivity contribution in [2.75, 3.05) is 0 Å². The van der Waals surface area contributed by atoms with Crippen LogP contribution in [0, 0.1) is 0 Å². The maximum atomic E-state index is 2.36. The molecular weight excluding hydrogens is 494 g/mol. The van der Waals surface area contributed by atoms with Crippen LogP contribution in [-0.4, -0.2) is 54.7 Å². The van der Waals surface area contributed by atoms with Crippen LogP contribution in [0.2, 0.25) is 0 Å². The molecule has 1 aliphatic rings. The standard InChI is InChI=1S/C15H30S6.Sb/c1-9(2)17-13-14(18-10(3)4,19-11(5)6)15(16,21-13)20-12(7)8;/h9-13,16H,1-8H3;/q;+1/p-1. The normalized spacial score (nSPS) is 28.0. The molecule has 7 heteroatoms. The Bertz CT molecular complexity index is 337. The van der Waals surface area contributed by atoms with Gasteiger partial charge in [-0.25, -0.2) is 0 Å². The molecule has 0 amide bonds. The third kappa shape index (κ3) is 5.46. The third-order valence-electron chi connectivity index (χ3n) is 2.73. The molecule has 1 saturated heterocycles. The van der Waals surface area contributed by atoms with Crippen LogP contribution in [0.25, 0.3) is 0 Å². The van der Waals surface area contributed by atoms with Crippen molar-refractivity contribution in [1.29, 1.82) is 0 Å². The van der Waals surface area contributed by atoms with Gasteiger partial charge in [-0.2, -0.15) is 0 Å². The van der Waals surface area contributed by atoms with Crippen LogP contribution in [0.4, 0.5) is 0 Å². The minimum absolute atomic E-state index is 0.298. The van der Waals surface area contributed by atoms with Crippen molar-refractivity contribution in [3.05, 3.63) is 0 Å². The van der Waals surface area contributed by atoms with Crippen molar-refractivity contribution in [3.63, 3.8) is 0 Å². The summed E-state index contributed by atoms with van der Waals surface area (Å²) in [5, 5.41) is 2.73. The van der Waals surface area contributed by atoms with E-state index in [0.29, 0.717) is 33.1 Å². The third-order valence-corrected chi connectivity index (χ3v) is 18.2. The molecular formula is C15H29S6Sb. The first-order valence-electron chi connectivity index (χ1n) is 7.77. The van der Waals surface area contributed by atoms with Crippen molar-refractivity contribution in [2.24, 2.45) is 0 Å². The van der Waals surface area contributed by atoms with E-state index in [1.165, 1.54) is 0 Å². The molecule has 0 N–H and O–H groups in total. The van der Waals surface area contributed by atoms with Crippen LogP contribution in [-0.2, 0) is 0 Å². The first-order chi connectivity index (χ1) is 10.1. The van der Waals surface area contributed by atoms with Crippen molar-refractivity contribution in [2.45, 2.75) is 88.5 Å². The van der Waals surface area contributed by atoms with E-state index in [1.807, 2.05) is 21.6 Å². The van der Waals surface area contributed by atoms with E-state index in [-0.39, 0.29) is 0 Å². The monoisotopic (exact) mass is 522 g/mol. The van der Waals surface area contributed by atoms with Gasteiger partial charge in [0, 0.05) is 0 Å². The molecule has 1 heterocycles. The van der Waals surface area contributed by atoms with E-state index in [2.05, 4.69) is 123 Å². The van der Waals surface area contributed by atoms with Gasteiger partial charge >= 0.3 is 178 Å². The van der Waals surface area contributed by atoms with E-state index in [1.54, 1.807) is 0 Å². The quantitative estimate of drug-likeness (QED) is 0.239. The molecule has 2 atom stereocenters. The summed E-state index contributed by atoms with van der Waals surface area (Å²) in [5.74, 6) is 0. The second-order valence-electron chi connectivity index (χ2n) is 6.45. The summed E-state index contributed by atoms with van der Waals surface area (Å²) in [5.41, 5.74) is 0. The van der Waals surface area contributed by atoms with Gasteiger partial charge in [-0.3, -0.25) is 0 Å². The molecule has 1 fully saturated rings. The Morgan fingerprint density at radius 3 is 1.55 bits per heavy atom. The van der Waals surface area contributed by atoms with Gasteiger partial charge in [0.25, 0.3) is 0 Å².